The third-order valence-corrected chi connectivity index (χ3v) is 5.04. The van der Waals surface area contributed by atoms with Gasteiger partial charge in [-0.3, -0.25) is 9.59 Å². The standard InChI is InChI=1S/C25H26O5/c1-15(2)8-7-9-16(3)12-18(26)23-19(27)13-20(28)24-21(29)14-22(30-25(23)24)17-10-5-4-6-11-17/h4-6,8,10-13,22,27-28H,7,9,14H2,1-3H3/b16-12+/t22-/m0/s1. The Hall–Kier alpha value is -3.34. The maximum absolute atomic E-state index is 13.0. The fourth-order valence-electron chi connectivity index (χ4n) is 3.52. The Labute approximate surface area is 176 Å². The van der Waals surface area contributed by atoms with Crippen LogP contribution in [0.3, 0.4) is 0 Å². The first kappa shape index (κ1) is 21.4. The number of carbonyl (C=O) groups excluding carboxylic acids is 2. The molecular weight excluding hydrogens is 380 g/mol. The predicted octanol–water partition coefficient (Wildman–Crippen LogP) is 5.68. The van der Waals surface area contributed by atoms with Crippen molar-refractivity contribution < 1.29 is 24.5 Å². The zero-order chi connectivity index (χ0) is 21.8. The average Bonchev–Trinajstić information content (AvgIpc) is 2.67. The zero-order valence-corrected chi connectivity index (χ0v) is 17.4. The van der Waals surface area contributed by atoms with E-state index in [-0.39, 0.29) is 34.8 Å². The van der Waals surface area contributed by atoms with Gasteiger partial charge in [-0.1, -0.05) is 47.6 Å². The lowest BCUT2D eigenvalue weighted by Crippen LogP contribution is -2.22. The van der Waals surface area contributed by atoms with Crippen LogP contribution in [-0.2, 0) is 0 Å². The number of carbonyl (C=O) groups is 2. The van der Waals surface area contributed by atoms with E-state index in [4.69, 9.17) is 4.74 Å². The average molecular weight is 406 g/mol. The Bertz CT molecular complexity index is 1030. The molecule has 1 aliphatic rings. The molecule has 3 rings (SSSR count). The molecule has 0 aromatic heterocycles. The van der Waals surface area contributed by atoms with E-state index in [1.54, 1.807) is 0 Å². The summed E-state index contributed by atoms with van der Waals surface area (Å²) in [5.41, 5.74) is 2.68. The van der Waals surface area contributed by atoms with E-state index in [1.165, 1.54) is 11.6 Å². The number of fused-ring (bicyclic) bond motifs is 1. The van der Waals surface area contributed by atoms with Gasteiger partial charge in [0.1, 0.15) is 34.5 Å². The van der Waals surface area contributed by atoms with Crippen molar-refractivity contribution in [1.82, 2.24) is 0 Å². The summed E-state index contributed by atoms with van der Waals surface area (Å²) in [7, 11) is 0. The number of aromatic hydroxyl groups is 2. The molecule has 156 valence electrons. The first-order chi connectivity index (χ1) is 14.3. The summed E-state index contributed by atoms with van der Waals surface area (Å²) < 4.78 is 6.00. The number of hydrogen-bond acceptors (Lipinski definition) is 5. The molecule has 0 saturated carbocycles. The number of benzene rings is 2. The first-order valence-electron chi connectivity index (χ1n) is 9.96. The van der Waals surface area contributed by atoms with E-state index < -0.39 is 17.6 Å². The molecule has 0 bridgehead atoms. The molecule has 0 fully saturated rings. The van der Waals surface area contributed by atoms with Gasteiger partial charge in [0.05, 0.1) is 6.42 Å². The van der Waals surface area contributed by atoms with Crippen molar-refractivity contribution >= 4 is 11.6 Å². The minimum absolute atomic E-state index is 0.0422. The summed E-state index contributed by atoms with van der Waals surface area (Å²) in [6.45, 7) is 5.88. The Morgan fingerprint density at radius 1 is 1.13 bits per heavy atom. The molecule has 0 unspecified atom stereocenters. The zero-order valence-electron chi connectivity index (χ0n) is 17.4. The van der Waals surface area contributed by atoms with Crippen LogP contribution in [0.2, 0.25) is 0 Å². The Kier molecular flexibility index (Phi) is 6.40. The molecule has 30 heavy (non-hydrogen) atoms. The molecule has 2 N–H and O–H groups in total. The largest absolute Gasteiger partial charge is 0.507 e. The number of Topliss-reactive ketones (excluding diaryl/α,β-unsaturated/α-hetero) is 1. The molecule has 2 aromatic carbocycles. The lowest BCUT2D eigenvalue weighted by atomic mass is 9.91. The lowest BCUT2D eigenvalue weighted by molar-refractivity contribution is 0.0840. The van der Waals surface area contributed by atoms with Crippen molar-refractivity contribution in [3.63, 3.8) is 0 Å². The highest BCUT2D eigenvalue weighted by Gasteiger charge is 2.35. The number of rotatable bonds is 6. The second kappa shape index (κ2) is 8.99. The van der Waals surface area contributed by atoms with Gasteiger partial charge in [0.25, 0.3) is 0 Å². The molecule has 1 heterocycles. The summed E-state index contributed by atoms with van der Waals surface area (Å²) >= 11 is 0. The molecule has 0 saturated heterocycles. The van der Waals surface area contributed by atoms with Crippen LogP contribution >= 0.6 is 0 Å². The van der Waals surface area contributed by atoms with Crippen LogP contribution < -0.4 is 4.74 Å². The first-order valence-corrected chi connectivity index (χ1v) is 9.96. The molecule has 0 aliphatic carbocycles. The third kappa shape index (κ3) is 4.62. The van der Waals surface area contributed by atoms with Crippen molar-refractivity contribution in [2.24, 2.45) is 0 Å². The summed E-state index contributed by atoms with van der Waals surface area (Å²) in [5, 5.41) is 20.6. The topological polar surface area (TPSA) is 83.8 Å². The monoisotopic (exact) mass is 406 g/mol. The third-order valence-electron chi connectivity index (χ3n) is 5.04. The summed E-state index contributed by atoms with van der Waals surface area (Å²) in [6.07, 6.45) is 4.49. The predicted molar refractivity (Wildman–Crippen MR) is 115 cm³/mol. The highest BCUT2D eigenvalue weighted by molar-refractivity contribution is 6.13. The molecule has 0 amide bonds. The van der Waals surface area contributed by atoms with Crippen LogP contribution in [0.5, 0.6) is 17.2 Å². The van der Waals surface area contributed by atoms with Gasteiger partial charge >= 0.3 is 0 Å². The van der Waals surface area contributed by atoms with E-state index >= 15 is 0 Å². The SMILES string of the molecule is CC(C)=CCC/C(C)=C/C(=O)c1c(O)cc(O)c2c1O[C@H](c1ccccc1)CC2=O. The number of hydrogen-bond donors (Lipinski definition) is 2. The smallest absolute Gasteiger partial charge is 0.193 e. The van der Waals surface area contributed by atoms with Crippen molar-refractivity contribution in [2.75, 3.05) is 0 Å². The van der Waals surface area contributed by atoms with E-state index in [0.717, 1.165) is 23.6 Å². The van der Waals surface area contributed by atoms with Gasteiger partial charge in [-0.05, 0) is 45.3 Å². The molecule has 0 spiro atoms. The number of ether oxygens (including phenoxy) is 1. The molecule has 5 nitrogen and oxygen atoms in total. The highest BCUT2D eigenvalue weighted by atomic mass is 16.5. The van der Waals surface area contributed by atoms with Gasteiger partial charge < -0.3 is 14.9 Å². The Balaban J connectivity index is 1.99. The molecule has 1 aliphatic heterocycles. The van der Waals surface area contributed by atoms with Crippen molar-refractivity contribution in [3.8, 4) is 17.2 Å². The summed E-state index contributed by atoms with van der Waals surface area (Å²) in [4.78, 5) is 25.7. The molecule has 2 aromatic rings. The second-order valence-electron chi connectivity index (χ2n) is 7.81. The van der Waals surface area contributed by atoms with E-state index in [9.17, 15) is 19.8 Å². The minimum atomic E-state index is -0.596. The minimum Gasteiger partial charge on any atom is -0.507 e. The number of allylic oxidation sites excluding steroid dienone is 4. The van der Waals surface area contributed by atoms with Crippen LogP contribution in [0.4, 0.5) is 0 Å². The van der Waals surface area contributed by atoms with E-state index in [1.807, 2.05) is 51.1 Å². The molecule has 0 radical (unpaired) electrons. The van der Waals surface area contributed by atoms with Gasteiger partial charge in [-0.25, -0.2) is 0 Å². The second-order valence-corrected chi connectivity index (χ2v) is 7.81. The van der Waals surface area contributed by atoms with Gasteiger partial charge in [0, 0.05) is 6.07 Å². The highest BCUT2D eigenvalue weighted by Crippen LogP contribution is 2.45. The van der Waals surface area contributed by atoms with Crippen LogP contribution in [0.15, 0.2) is 59.7 Å². The van der Waals surface area contributed by atoms with Crippen molar-refractivity contribution in [1.29, 1.82) is 0 Å². The fraction of sp³-hybridized carbons (Fsp3) is 0.280. The van der Waals surface area contributed by atoms with Gasteiger partial charge in [0.2, 0.25) is 0 Å². The van der Waals surface area contributed by atoms with Crippen molar-refractivity contribution in [3.05, 3.63) is 76.4 Å². The van der Waals surface area contributed by atoms with E-state index in [2.05, 4.69) is 6.08 Å². The molecular formula is C25H26O5. The lowest BCUT2D eigenvalue weighted by Gasteiger charge is -2.27. The fourth-order valence-corrected chi connectivity index (χ4v) is 3.52. The van der Waals surface area contributed by atoms with Crippen LogP contribution in [0.1, 0.15) is 72.4 Å². The van der Waals surface area contributed by atoms with Crippen LogP contribution in [0.25, 0.3) is 0 Å². The number of phenolic OH excluding ortho intramolecular Hbond substituents is 2. The maximum atomic E-state index is 13.0. The normalized spacial score (nSPS) is 15.9. The molecule has 5 heteroatoms. The number of ketones is 2. The summed E-state index contributed by atoms with van der Waals surface area (Å²) in [6, 6.07) is 10.2. The Morgan fingerprint density at radius 3 is 2.50 bits per heavy atom. The summed E-state index contributed by atoms with van der Waals surface area (Å²) in [5.74, 6) is -1.65. The number of phenols is 2. The Morgan fingerprint density at radius 2 is 1.83 bits per heavy atom. The van der Waals surface area contributed by atoms with Crippen molar-refractivity contribution in [2.45, 2.75) is 46.1 Å². The van der Waals surface area contributed by atoms with Crippen LogP contribution in [0, 0.1) is 0 Å². The van der Waals surface area contributed by atoms with Crippen LogP contribution in [-0.4, -0.2) is 21.8 Å². The maximum Gasteiger partial charge on any atom is 0.193 e. The van der Waals surface area contributed by atoms with Gasteiger partial charge in [-0.2, -0.15) is 0 Å². The van der Waals surface area contributed by atoms with Gasteiger partial charge in [0.15, 0.2) is 11.6 Å². The quantitative estimate of drug-likeness (QED) is 0.366. The van der Waals surface area contributed by atoms with Gasteiger partial charge in [-0.15, -0.1) is 0 Å². The molecule has 1 atom stereocenters. The van der Waals surface area contributed by atoms with E-state index in [0.29, 0.717) is 6.42 Å².